The molecular formula is C12H26Ge2O2. The predicted octanol–water partition coefficient (Wildman–Crippen LogP) is 3.44. The molecule has 0 heterocycles. The van der Waals surface area contributed by atoms with Gasteiger partial charge in [0.2, 0.25) is 0 Å². The zero-order valence-corrected chi connectivity index (χ0v) is 15.8. The number of hydrogen-bond donors (Lipinski definition) is 0. The third-order valence-electron chi connectivity index (χ3n) is 2.73. The molecule has 0 bridgehead atoms. The summed E-state index contributed by atoms with van der Waals surface area (Å²) in [5.74, 6) is 12.8. The number of unbranched alkanes of at least 4 members (excludes halogenated alkanes) is 1. The molecule has 0 amide bonds. The number of hydrogen-bond acceptors (Lipinski definition) is 2. The minimum absolute atomic E-state index is 0.490. The Labute approximate surface area is 105 Å². The van der Waals surface area contributed by atoms with E-state index in [9.17, 15) is 9.59 Å². The van der Waals surface area contributed by atoms with Crippen LogP contribution in [-0.4, -0.2) is 35.8 Å². The zero-order chi connectivity index (χ0) is 13.0. The van der Waals surface area contributed by atoms with E-state index in [1.54, 1.807) is 0 Å². The summed E-state index contributed by atoms with van der Waals surface area (Å²) in [5.41, 5.74) is 0. The number of carbonyl (C=O) groups excluding carboxylic acids is 2. The molecule has 94 valence electrons. The van der Waals surface area contributed by atoms with Crippen LogP contribution in [0.1, 0.15) is 25.7 Å². The van der Waals surface area contributed by atoms with Gasteiger partial charge in [-0.15, -0.1) is 0 Å². The Morgan fingerprint density at radius 2 is 0.938 bits per heavy atom. The second-order valence-corrected chi connectivity index (χ2v) is 27.8. The van der Waals surface area contributed by atoms with Gasteiger partial charge in [-0.25, -0.2) is 0 Å². The molecule has 0 N–H and O–H groups in total. The summed E-state index contributed by atoms with van der Waals surface area (Å²) in [6.07, 6.45) is 3.22. The summed E-state index contributed by atoms with van der Waals surface area (Å²) in [6, 6.07) is 0. The molecule has 4 heteroatoms. The second kappa shape index (κ2) is 6.38. The van der Waals surface area contributed by atoms with Crippen molar-refractivity contribution < 1.29 is 9.59 Å². The van der Waals surface area contributed by atoms with E-state index in [1.807, 2.05) is 0 Å². The molecule has 0 aromatic rings. The Kier molecular flexibility index (Phi) is 6.55. The number of carbonyl (C=O) groups is 2. The third kappa shape index (κ3) is 6.89. The van der Waals surface area contributed by atoms with Gasteiger partial charge >= 0.3 is 106 Å². The molecule has 0 radical (unpaired) electrons. The van der Waals surface area contributed by atoms with Gasteiger partial charge in [0.25, 0.3) is 0 Å². The maximum absolute atomic E-state index is 11.7. The molecule has 0 spiro atoms. The normalized spacial score (nSPS) is 12.6. The molecule has 0 rings (SSSR count). The van der Waals surface area contributed by atoms with Gasteiger partial charge < -0.3 is 0 Å². The van der Waals surface area contributed by atoms with Crippen molar-refractivity contribution in [2.24, 2.45) is 0 Å². The van der Waals surface area contributed by atoms with Crippen molar-refractivity contribution in [1.82, 2.24) is 0 Å². The van der Waals surface area contributed by atoms with E-state index in [1.165, 1.54) is 0 Å². The van der Waals surface area contributed by atoms with Crippen molar-refractivity contribution in [3.63, 3.8) is 0 Å². The Morgan fingerprint density at radius 3 is 1.12 bits per heavy atom. The quantitative estimate of drug-likeness (QED) is 0.522. The molecule has 0 fully saturated rings. The van der Waals surface area contributed by atoms with E-state index in [2.05, 4.69) is 34.5 Å². The minimum atomic E-state index is -2.06. The monoisotopic (exact) mass is 350 g/mol. The third-order valence-corrected chi connectivity index (χ3v) is 10.8. The summed E-state index contributed by atoms with van der Waals surface area (Å²) < 4.78 is 0.981. The van der Waals surface area contributed by atoms with Crippen LogP contribution in [0.15, 0.2) is 0 Å². The Bertz CT molecular complexity index is 231. The van der Waals surface area contributed by atoms with Crippen molar-refractivity contribution in [2.75, 3.05) is 0 Å². The van der Waals surface area contributed by atoms with E-state index in [0.717, 1.165) is 12.8 Å². The van der Waals surface area contributed by atoms with Crippen molar-refractivity contribution >= 4 is 35.8 Å². The zero-order valence-electron chi connectivity index (χ0n) is 11.6. The van der Waals surface area contributed by atoms with Crippen LogP contribution in [0.5, 0.6) is 0 Å². The average Bonchev–Trinajstić information content (AvgIpc) is 2.08. The molecule has 0 aliphatic carbocycles. The average molecular weight is 348 g/mol. The molecule has 0 unspecified atom stereocenters. The van der Waals surface area contributed by atoms with E-state index in [-0.39, 0.29) is 0 Å². The Hall–Kier alpha value is 0.426. The van der Waals surface area contributed by atoms with Gasteiger partial charge in [0.1, 0.15) is 0 Å². The van der Waals surface area contributed by atoms with Gasteiger partial charge in [0, 0.05) is 0 Å². The van der Waals surface area contributed by atoms with E-state index < -0.39 is 26.5 Å². The van der Waals surface area contributed by atoms with Gasteiger partial charge in [-0.05, 0) is 0 Å². The molecule has 2 nitrogen and oxygen atoms in total. The Balaban J connectivity index is 3.79. The fourth-order valence-corrected chi connectivity index (χ4v) is 5.21. The molecule has 0 saturated carbocycles. The van der Waals surface area contributed by atoms with Crippen LogP contribution in [0.4, 0.5) is 0 Å². The summed E-state index contributed by atoms with van der Waals surface area (Å²) in [6.45, 7) is 0. The molecule has 0 aromatic carbocycles. The Morgan fingerprint density at radius 1 is 0.688 bits per heavy atom. The predicted molar refractivity (Wildman–Crippen MR) is 75.2 cm³/mol. The second-order valence-electron chi connectivity index (χ2n) is 6.55. The van der Waals surface area contributed by atoms with Gasteiger partial charge in [-0.3, -0.25) is 0 Å². The van der Waals surface area contributed by atoms with Gasteiger partial charge in [0.05, 0.1) is 0 Å². The van der Waals surface area contributed by atoms with Crippen LogP contribution in [-0.2, 0) is 9.59 Å². The van der Waals surface area contributed by atoms with Gasteiger partial charge in [-0.2, -0.15) is 0 Å². The maximum atomic E-state index is 11.7. The first-order valence-corrected chi connectivity index (χ1v) is 20.8. The topological polar surface area (TPSA) is 34.1 Å². The van der Waals surface area contributed by atoms with E-state index >= 15 is 0 Å². The van der Waals surface area contributed by atoms with Gasteiger partial charge in [-0.1, -0.05) is 0 Å². The van der Waals surface area contributed by atoms with Crippen LogP contribution in [0.3, 0.4) is 0 Å². The standard InChI is InChI=1S/C12H26Ge2O2/c1-13(2,3)11(15)9-7-8-10-12(16)14(4,5)6/h7-10H2,1-6H3. The van der Waals surface area contributed by atoms with Crippen LogP contribution in [0.2, 0.25) is 34.5 Å². The number of rotatable bonds is 7. The molecule has 16 heavy (non-hydrogen) atoms. The van der Waals surface area contributed by atoms with E-state index in [0.29, 0.717) is 22.1 Å². The molecule has 0 saturated heterocycles. The van der Waals surface area contributed by atoms with Crippen molar-refractivity contribution in [3.8, 4) is 0 Å². The first-order valence-electron chi connectivity index (χ1n) is 6.12. The van der Waals surface area contributed by atoms with Crippen LogP contribution < -0.4 is 0 Å². The van der Waals surface area contributed by atoms with Crippen molar-refractivity contribution in [2.45, 2.75) is 60.2 Å². The summed E-state index contributed by atoms with van der Waals surface area (Å²) >= 11 is -4.12. The van der Waals surface area contributed by atoms with Crippen LogP contribution in [0.25, 0.3) is 0 Å². The first-order chi connectivity index (χ1) is 7.05. The summed E-state index contributed by atoms with van der Waals surface area (Å²) in [7, 11) is 0. The molecular weight excluding hydrogens is 321 g/mol. The fourth-order valence-electron chi connectivity index (χ4n) is 1.32. The molecule has 0 aliphatic rings. The molecule has 0 aromatic heterocycles. The fraction of sp³-hybridized carbons (Fsp3) is 0.833. The van der Waals surface area contributed by atoms with Crippen molar-refractivity contribution in [3.05, 3.63) is 0 Å². The molecule has 0 atom stereocenters. The van der Waals surface area contributed by atoms with Crippen LogP contribution in [0, 0.1) is 0 Å². The van der Waals surface area contributed by atoms with Crippen molar-refractivity contribution in [1.29, 1.82) is 0 Å². The van der Waals surface area contributed by atoms with Crippen LogP contribution >= 0.6 is 0 Å². The first kappa shape index (κ1) is 16.4. The van der Waals surface area contributed by atoms with E-state index in [4.69, 9.17) is 0 Å². The SMILES string of the molecule is [CH3][Ge]([CH3])([CH3])[C](=O)CCCC[C](=O)[Ge]([CH3])([CH3])[CH3]. The molecule has 0 aliphatic heterocycles. The summed E-state index contributed by atoms with van der Waals surface area (Å²) in [4.78, 5) is 23.4. The summed E-state index contributed by atoms with van der Waals surface area (Å²) in [5, 5.41) is 0. The van der Waals surface area contributed by atoms with Gasteiger partial charge in [0.15, 0.2) is 0 Å².